The summed E-state index contributed by atoms with van der Waals surface area (Å²) in [6.45, 7) is 4.63. The van der Waals surface area contributed by atoms with E-state index in [0.717, 1.165) is 17.5 Å². The van der Waals surface area contributed by atoms with Crippen LogP contribution in [0.15, 0.2) is 11.6 Å². The van der Waals surface area contributed by atoms with Gasteiger partial charge in [-0.3, -0.25) is 0 Å². The van der Waals surface area contributed by atoms with Crippen molar-refractivity contribution >= 4 is 5.71 Å². The fraction of sp³-hybridized carbons (Fsp3) is 0.850. The summed E-state index contributed by atoms with van der Waals surface area (Å²) in [6.07, 6.45) is 15.5. The number of hydrogen-bond acceptors (Lipinski definition) is 1. The molecule has 0 amide bonds. The molecule has 0 aromatic carbocycles. The van der Waals surface area contributed by atoms with Crippen LogP contribution < -0.4 is 0 Å². The van der Waals surface area contributed by atoms with E-state index in [1.807, 2.05) is 5.57 Å². The molecule has 1 heteroatoms. The van der Waals surface area contributed by atoms with Crippen LogP contribution in [0.2, 0.25) is 0 Å². The lowest BCUT2D eigenvalue weighted by Crippen LogP contribution is -2.40. The molecule has 114 valence electrons. The minimum Gasteiger partial charge on any atom is -0.310 e. The lowest BCUT2D eigenvalue weighted by molar-refractivity contribution is 0.0545. The summed E-state index contributed by atoms with van der Waals surface area (Å²) in [6, 6.07) is 0. The van der Waals surface area contributed by atoms with Gasteiger partial charge in [-0.2, -0.15) is 0 Å². The second-order valence-electron chi connectivity index (χ2n) is 9.11. The molecule has 2 spiro atoms. The number of nitrogens with one attached hydrogen (secondary N) is 1. The van der Waals surface area contributed by atoms with Gasteiger partial charge in [0.25, 0.3) is 0 Å². The smallest absolute Gasteiger partial charge is 0.00946 e. The first-order valence-corrected chi connectivity index (χ1v) is 9.32. The SMILES string of the molecule is CC(=N)C1CCC2C1(C)CCC1C34CCCCC3=CCC214. The Balaban J connectivity index is 1.59. The van der Waals surface area contributed by atoms with Gasteiger partial charge in [0.05, 0.1) is 0 Å². The van der Waals surface area contributed by atoms with Gasteiger partial charge in [0, 0.05) is 17.0 Å². The summed E-state index contributed by atoms with van der Waals surface area (Å²) in [5.74, 6) is 2.54. The molecule has 4 fully saturated rings. The van der Waals surface area contributed by atoms with E-state index in [-0.39, 0.29) is 0 Å². The van der Waals surface area contributed by atoms with Crippen LogP contribution in [-0.4, -0.2) is 5.71 Å². The topological polar surface area (TPSA) is 23.9 Å². The van der Waals surface area contributed by atoms with E-state index in [1.54, 1.807) is 0 Å². The Morgan fingerprint density at radius 3 is 2.81 bits per heavy atom. The third kappa shape index (κ3) is 1.15. The van der Waals surface area contributed by atoms with Crippen molar-refractivity contribution in [3.8, 4) is 0 Å². The monoisotopic (exact) mass is 283 g/mol. The highest BCUT2D eigenvalue weighted by atomic mass is 14.9. The first-order valence-electron chi connectivity index (χ1n) is 9.32. The highest BCUT2D eigenvalue weighted by Crippen LogP contribution is 2.90. The lowest BCUT2D eigenvalue weighted by Gasteiger charge is -2.45. The molecule has 0 heterocycles. The molecule has 1 N–H and O–H groups in total. The molecule has 5 rings (SSSR count). The van der Waals surface area contributed by atoms with Gasteiger partial charge >= 0.3 is 0 Å². The molecular formula is C20H29N. The van der Waals surface area contributed by atoms with Gasteiger partial charge in [-0.15, -0.1) is 0 Å². The maximum Gasteiger partial charge on any atom is 0.00946 e. The van der Waals surface area contributed by atoms with Crippen molar-refractivity contribution in [3.05, 3.63) is 11.6 Å². The highest BCUT2D eigenvalue weighted by Gasteiger charge is 2.84. The Morgan fingerprint density at radius 2 is 2.00 bits per heavy atom. The third-order valence-electron chi connectivity index (χ3n) is 8.94. The van der Waals surface area contributed by atoms with Crippen LogP contribution in [0, 0.1) is 39.4 Å². The summed E-state index contributed by atoms with van der Waals surface area (Å²) >= 11 is 0. The van der Waals surface area contributed by atoms with Crippen LogP contribution in [0.5, 0.6) is 0 Å². The molecule has 0 bridgehead atoms. The van der Waals surface area contributed by atoms with Gasteiger partial charge in [-0.05, 0) is 81.0 Å². The zero-order valence-corrected chi connectivity index (χ0v) is 13.7. The molecule has 0 aliphatic heterocycles. The molecule has 0 aromatic heterocycles. The summed E-state index contributed by atoms with van der Waals surface area (Å²) in [5, 5.41) is 8.27. The Labute approximate surface area is 129 Å². The van der Waals surface area contributed by atoms with E-state index in [1.165, 1.54) is 57.8 Å². The van der Waals surface area contributed by atoms with Crippen LogP contribution in [0.1, 0.15) is 71.6 Å². The first-order chi connectivity index (χ1) is 10.1. The second-order valence-corrected chi connectivity index (χ2v) is 9.11. The maximum absolute atomic E-state index is 8.27. The van der Waals surface area contributed by atoms with Crippen LogP contribution in [0.3, 0.4) is 0 Å². The molecule has 21 heavy (non-hydrogen) atoms. The van der Waals surface area contributed by atoms with E-state index in [4.69, 9.17) is 5.41 Å². The van der Waals surface area contributed by atoms with E-state index in [9.17, 15) is 0 Å². The predicted molar refractivity (Wildman–Crippen MR) is 86.5 cm³/mol. The Bertz CT molecular complexity index is 560. The zero-order chi connectivity index (χ0) is 14.5. The van der Waals surface area contributed by atoms with Crippen molar-refractivity contribution in [1.29, 1.82) is 5.41 Å². The standard InChI is InChI=1S/C20H29N/c1-13(21)15-6-7-16-18(15,2)11-9-17-19-10-4-3-5-14(19)8-12-20(16,17)19/h8,15-17,21H,3-7,9-12H2,1-2H3. The lowest BCUT2D eigenvalue weighted by atomic mass is 9.59. The second kappa shape index (κ2) is 3.66. The van der Waals surface area contributed by atoms with Gasteiger partial charge in [0.15, 0.2) is 0 Å². The molecule has 0 radical (unpaired) electrons. The van der Waals surface area contributed by atoms with Crippen molar-refractivity contribution in [1.82, 2.24) is 0 Å². The number of fused-ring (bicyclic) bond motifs is 1. The van der Waals surface area contributed by atoms with Crippen LogP contribution in [0.4, 0.5) is 0 Å². The summed E-state index contributed by atoms with van der Waals surface area (Å²) < 4.78 is 0. The van der Waals surface area contributed by atoms with Gasteiger partial charge in [0.2, 0.25) is 0 Å². The van der Waals surface area contributed by atoms with E-state index in [2.05, 4.69) is 19.9 Å². The van der Waals surface area contributed by atoms with Crippen LogP contribution in [-0.2, 0) is 0 Å². The number of rotatable bonds is 1. The van der Waals surface area contributed by atoms with Gasteiger partial charge < -0.3 is 5.41 Å². The van der Waals surface area contributed by atoms with Gasteiger partial charge in [0.1, 0.15) is 0 Å². The van der Waals surface area contributed by atoms with E-state index < -0.39 is 0 Å². The zero-order valence-electron chi connectivity index (χ0n) is 13.7. The molecule has 4 saturated carbocycles. The van der Waals surface area contributed by atoms with E-state index in [0.29, 0.717) is 22.2 Å². The average molecular weight is 283 g/mol. The third-order valence-corrected chi connectivity index (χ3v) is 8.94. The Hall–Kier alpha value is -0.590. The van der Waals surface area contributed by atoms with Crippen LogP contribution >= 0.6 is 0 Å². The molecule has 6 unspecified atom stereocenters. The molecular weight excluding hydrogens is 254 g/mol. The summed E-state index contributed by atoms with van der Waals surface area (Å²) in [4.78, 5) is 0. The van der Waals surface area contributed by atoms with Crippen molar-refractivity contribution in [3.63, 3.8) is 0 Å². The van der Waals surface area contributed by atoms with Crippen molar-refractivity contribution < 1.29 is 0 Å². The van der Waals surface area contributed by atoms with E-state index >= 15 is 0 Å². The Morgan fingerprint density at radius 1 is 1.14 bits per heavy atom. The molecule has 0 saturated heterocycles. The summed E-state index contributed by atoms with van der Waals surface area (Å²) in [5.41, 5.74) is 4.64. The van der Waals surface area contributed by atoms with Crippen molar-refractivity contribution in [2.45, 2.75) is 71.6 Å². The first kappa shape index (κ1) is 12.9. The summed E-state index contributed by atoms with van der Waals surface area (Å²) in [7, 11) is 0. The molecule has 5 aliphatic carbocycles. The number of allylic oxidation sites excluding steroid dienone is 2. The predicted octanol–water partition coefficient (Wildman–Crippen LogP) is 5.36. The Kier molecular flexibility index (Phi) is 2.25. The molecule has 0 aromatic rings. The van der Waals surface area contributed by atoms with Crippen molar-refractivity contribution in [2.75, 3.05) is 0 Å². The highest BCUT2D eigenvalue weighted by molar-refractivity contribution is 5.82. The average Bonchev–Trinajstić information content (AvgIpc) is 2.75. The fourth-order valence-corrected chi connectivity index (χ4v) is 8.45. The minimum atomic E-state index is 0.451. The normalized spacial score (nSPS) is 56.9. The molecule has 1 nitrogen and oxygen atoms in total. The minimum absolute atomic E-state index is 0.451. The largest absolute Gasteiger partial charge is 0.310 e. The van der Waals surface area contributed by atoms with Crippen LogP contribution in [0.25, 0.3) is 0 Å². The maximum atomic E-state index is 8.27. The van der Waals surface area contributed by atoms with Gasteiger partial charge in [-0.1, -0.05) is 25.0 Å². The fourth-order valence-electron chi connectivity index (χ4n) is 8.45. The molecule has 5 aliphatic rings. The molecule has 6 atom stereocenters. The van der Waals surface area contributed by atoms with Gasteiger partial charge in [-0.25, -0.2) is 0 Å². The quantitative estimate of drug-likeness (QED) is 0.495. The van der Waals surface area contributed by atoms with Crippen molar-refractivity contribution in [2.24, 2.45) is 34.0 Å². The number of hydrogen-bond donors (Lipinski definition) is 1.